The molecule has 0 atom stereocenters. The number of hydrogen-bond donors (Lipinski definition) is 1. The third kappa shape index (κ3) is 3.77. The molecule has 0 fully saturated rings. The summed E-state index contributed by atoms with van der Waals surface area (Å²) in [5.74, 6) is 0. The smallest absolute Gasteiger partial charge is 0.0947 e. The van der Waals surface area contributed by atoms with Crippen molar-refractivity contribution in [3.8, 4) is 0 Å². The zero-order chi connectivity index (χ0) is 12.1. The topological polar surface area (TPSA) is 25.2 Å². The second-order valence-electron chi connectivity index (χ2n) is 3.79. The summed E-state index contributed by atoms with van der Waals surface area (Å²) < 4.78 is 4.99. The quantitative estimate of drug-likeness (QED) is 0.833. The Kier molecular flexibility index (Phi) is 4.49. The van der Waals surface area contributed by atoms with Crippen LogP contribution >= 0.6 is 23.2 Å². The van der Waals surface area contributed by atoms with Crippen LogP contribution in [-0.2, 0) is 13.0 Å². The third-order valence-corrected chi connectivity index (χ3v) is 3.08. The van der Waals surface area contributed by atoms with Crippen LogP contribution in [0.2, 0.25) is 10.0 Å². The van der Waals surface area contributed by atoms with E-state index in [4.69, 9.17) is 27.6 Å². The van der Waals surface area contributed by atoms with E-state index in [1.165, 1.54) is 0 Å². The average Bonchev–Trinajstić information content (AvgIpc) is 2.79. The number of furan rings is 1. The molecule has 4 heteroatoms. The standard InChI is InChI=1S/C13H13Cl2NO/c14-12-2-1-11(13(15)7-12)3-5-16-8-10-4-6-17-9-10/h1-2,4,6-7,9,16H,3,5,8H2. The fourth-order valence-corrected chi connectivity index (χ4v) is 2.08. The van der Waals surface area contributed by atoms with Gasteiger partial charge in [-0.05, 0) is 36.7 Å². The Morgan fingerprint density at radius 3 is 2.76 bits per heavy atom. The molecule has 0 aliphatic heterocycles. The molecule has 0 spiro atoms. The Morgan fingerprint density at radius 1 is 1.18 bits per heavy atom. The minimum Gasteiger partial charge on any atom is -0.472 e. The van der Waals surface area contributed by atoms with Crippen LogP contribution in [0.5, 0.6) is 0 Å². The van der Waals surface area contributed by atoms with Crippen molar-refractivity contribution in [2.75, 3.05) is 6.54 Å². The van der Waals surface area contributed by atoms with Crippen molar-refractivity contribution in [1.29, 1.82) is 0 Å². The van der Waals surface area contributed by atoms with Crippen LogP contribution in [0.4, 0.5) is 0 Å². The van der Waals surface area contributed by atoms with E-state index in [9.17, 15) is 0 Å². The average molecular weight is 270 g/mol. The Morgan fingerprint density at radius 2 is 2.06 bits per heavy atom. The molecule has 0 radical (unpaired) electrons. The predicted octanol–water partition coefficient (Wildman–Crippen LogP) is 3.92. The molecule has 2 nitrogen and oxygen atoms in total. The molecule has 1 aromatic heterocycles. The van der Waals surface area contributed by atoms with Gasteiger partial charge in [-0.25, -0.2) is 0 Å². The molecule has 2 rings (SSSR count). The molecule has 0 aliphatic carbocycles. The molecule has 0 unspecified atom stereocenters. The zero-order valence-corrected chi connectivity index (χ0v) is 10.8. The van der Waals surface area contributed by atoms with Crippen molar-refractivity contribution in [3.05, 3.63) is 58.0 Å². The summed E-state index contributed by atoms with van der Waals surface area (Å²) in [5.41, 5.74) is 2.25. The second-order valence-corrected chi connectivity index (χ2v) is 4.64. The second kappa shape index (κ2) is 6.10. The molecule has 0 saturated heterocycles. The first kappa shape index (κ1) is 12.5. The van der Waals surface area contributed by atoms with Crippen LogP contribution in [0.3, 0.4) is 0 Å². The molecule has 0 aliphatic rings. The van der Waals surface area contributed by atoms with Gasteiger partial charge in [0.15, 0.2) is 0 Å². The van der Waals surface area contributed by atoms with E-state index < -0.39 is 0 Å². The minimum absolute atomic E-state index is 0.671. The molecular formula is C13H13Cl2NO. The molecule has 2 aromatic rings. The first-order chi connectivity index (χ1) is 8.25. The number of nitrogens with one attached hydrogen (secondary N) is 1. The SMILES string of the molecule is Clc1ccc(CCNCc2ccoc2)c(Cl)c1. The van der Waals surface area contributed by atoms with Crippen LogP contribution in [0.25, 0.3) is 0 Å². The Labute approximate surface area is 111 Å². The summed E-state index contributed by atoms with van der Waals surface area (Å²) in [6.45, 7) is 1.67. The molecule has 0 saturated carbocycles. The van der Waals surface area contributed by atoms with Gasteiger partial charge in [-0.15, -0.1) is 0 Å². The third-order valence-electron chi connectivity index (χ3n) is 2.50. The predicted molar refractivity (Wildman–Crippen MR) is 70.6 cm³/mol. The molecule has 0 bridgehead atoms. The van der Waals surface area contributed by atoms with Gasteiger partial charge < -0.3 is 9.73 Å². The van der Waals surface area contributed by atoms with Crippen LogP contribution in [0.15, 0.2) is 41.2 Å². The van der Waals surface area contributed by atoms with Gasteiger partial charge in [0.2, 0.25) is 0 Å². The van der Waals surface area contributed by atoms with Crippen LogP contribution in [0, 0.1) is 0 Å². The van der Waals surface area contributed by atoms with Crippen molar-refractivity contribution in [3.63, 3.8) is 0 Å². The minimum atomic E-state index is 0.671. The lowest BCUT2D eigenvalue weighted by molar-refractivity contribution is 0.560. The largest absolute Gasteiger partial charge is 0.472 e. The van der Waals surface area contributed by atoms with E-state index in [1.807, 2.05) is 18.2 Å². The van der Waals surface area contributed by atoms with E-state index in [1.54, 1.807) is 18.6 Å². The van der Waals surface area contributed by atoms with E-state index in [0.29, 0.717) is 5.02 Å². The van der Waals surface area contributed by atoms with Gasteiger partial charge in [-0.3, -0.25) is 0 Å². The first-order valence-electron chi connectivity index (χ1n) is 5.41. The van der Waals surface area contributed by atoms with Crippen LogP contribution < -0.4 is 5.32 Å². The summed E-state index contributed by atoms with van der Waals surface area (Å²) in [5, 5.41) is 4.72. The summed E-state index contributed by atoms with van der Waals surface area (Å²) in [6, 6.07) is 7.54. The molecule has 1 heterocycles. The van der Waals surface area contributed by atoms with E-state index in [2.05, 4.69) is 5.32 Å². The molecule has 90 valence electrons. The highest BCUT2D eigenvalue weighted by Crippen LogP contribution is 2.21. The van der Waals surface area contributed by atoms with Crippen LogP contribution in [0.1, 0.15) is 11.1 Å². The van der Waals surface area contributed by atoms with Crippen LogP contribution in [-0.4, -0.2) is 6.54 Å². The molecular weight excluding hydrogens is 257 g/mol. The normalized spacial score (nSPS) is 10.7. The zero-order valence-electron chi connectivity index (χ0n) is 9.25. The summed E-state index contributed by atoms with van der Waals surface area (Å²) in [7, 11) is 0. The van der Waals surface area contributed by atoms with E-state index in [0.717, 1.165) is 35.7 Å². The van der Waals surface area contributed by atoms with Gasteiger partial charge >= 0.3 is 0 Å². The molecule has 0 amide bonds. The maximum atomic E-state index is 6.08. The highest BCUT2D eigenvalue weighted by atomic mass is 35.5. The number of rotatable bonds is 5. The Balaban J connectivity index is 1.78. The number of benzene rings is 1. The number of hydrogen-bond acceptors (Lipinski definition) is 2. The lowest BCUT2D eigenvalue weighted by Gasteiger charge is -2.05. The molecule has 1 aromatic carbocycles. The fourth-order valence-electron chi connectivity index (χ4n) is 1.57. The Bertz CT molecular complexity index is 468. The summed E-state index contributed by atoms with van der Waals surface area (Å²) >= 11 is 11.9. The number of halogens is 2. The van der Waals surface area contributed by atoms with Crippen molar-refractivity contribution >= 4 is 23.2 Å². The van der Waals surface area contributed by atoms with Gasteiger partial charge in [0.05, 0.1) is 12.5 Å². The lowest BCUT2D eigenvalue weighted by atomic mass is 10.1. The van der Waals surface area contributed by atoms with Gasteiger partial charge in [0, 0.05) is 22.2 Å². The lowest BCUT2D eigenvalue weighted by Crippen LogP contribution is -2.16. The van der Waals surface area contributed by atoms with Crippen molar-refractivity contribution in [1.82, 2.24) is 5.32 Å². The monoisotopic (exact) mass is 269 g/mol. The van der Waals surface area contributed by atoms with E-state index >= 15 is 0 Å². The summed E-state index contributed by atoms with van der Waals surface area (Å²) in [6.07, 6.45) is 4.29. The fraction of sp³-hybridized carbons (Fsp3) is 0.231. The first-order valence-corrected chi connectivity index (χ1v) is 6.17. The van der Waals surface area contributed by atoms with Gasteiger partial charge in [-0.1, -0.05) is 29.3 Å². The van der Waals surface area contributed by atoms with Gasteiger partial charge in [0.25, 0.3) is 0 Å². The highest BCUT2D eigenvalue weighted by Gasteiger charge is 2.01. The maximum absolute atomic E-state index is 6.08. The molecule has 17 heavy (non-hydrogen) atoms. The maximum Gasteiger partial charge on any atom is 0.0947 e. The van der Waals surface area contributed by atoms with Crippen molar-refractivity contribution < 1.29 is 4.42 Å². The van der Waals surface area contributed by atoms with Crippen molar-refractivity contribution in [2.24, 2.45) is 0 Å². The molecule has 1 N–H and O–H groups in total. The van der Waals surface area contributed by atoms with Gasteiger partial charge in [0.1, 0.15) is 0 Å². The highest BCUT2D eigenvalue weighted by molar-refractivity contribution is 6.35. The van der Waals surface area contributed by atoms with Crippen molar-refractivity contribution in [2.45, 2.75) is 13.0 Å². The Hall–Kier alpha value is -0.960. The summed E-state index contributed by atoms with van der Waals surface area (Å²) in [4.78, 5) is 0. The van der Waals surface area contributed by atoms with E-state index in [-0.39, 0.29) is 0 Å². The van der Waals surface area contributed by atoms with Gasteiger partial charge in [-0.2, -0.15) is 0 Å².